The topological polar surface area (TPSA) is 71.3 Å². The van der Waals surface area contributed by atoms with E-state index in [1.807, 2.05) is 36.0 Å². The number of nitrogens with one attached hydrogen (secondary N) is 1. The van der Waals surface area contributed by atoms with Crippen molar-refractivity contribution in [3.05, 3.63) is 64.8 Å². The van der Waals surface area contributed by atoms with Crippen LogP contribution in [-0.2, 0) is 17.1 Å². The summed E-state index contributed by atoms with van der Waals surface area (Å²) in [6.45, 7) is 1.58. The SMILES string of the molecule is Cc1ccc(Cl)cc1S(=O)(=O)NC[C@@H](O)c1ccc2c(ccn2C)c1. The largest absolute Gasteiger partial charge is 0.387 e. The van der Waals surface area contributed by atoms with Crippen LogP contribution in [0.2, 0.25) is 5.02 Å². The zero-order chi connectivity index (χ0) is 18.2. The maximum atomic E-state index is 12.5. The van der Waals surface area contributed by atoms with Gasteiger partial charge in [0.05, 0.1) is 11.0 Å². The zero-order valence-electron chi connectivity index (χ0n) is 13.9. The van der Waals surface area contributed by atoms with Crippen LogP contribution < -0.4 is 4.72 Å². The van der Waals surface area contributed by atoms with Gasteiger partial charge < -0.3 is 9.67 Å². The number of aliphatic hydroxyl groups excluding tert-OH is 1. The fourth-order valence-corrected chi connectivity index (χ4v) is 4.30. The Morgan fingerprint density at radius 3 is 2.72 bits per heavy atom. The van der Waals surface area contributed by atoms with Crippen LogP contribution in [0.3, 0.4) is 0 Å². The Hall–Kier alpha value is -1.86. The van der Waals surface area contributed by atoms with Gasteiger partial charge in [-0.3, -0.25) is 0 Å². The Morgan fingerprint density at radius 2 is 1.96 bits per heavy atom. The molecule has 1 heterocycles. The van der Waals surface area contributed by atoms with Gasteiger partial charge in [0.1, 0.15) is 0 Å². The number of aliphatic hydroxyl groups is 1. The number of benzene rings is 2. The molecule has 0 aliphatic heterocycles. The first-order chi connectivity index (χ1) is 11.8. The molecule has 5 nitrogen and oxygen atoms in total. The lowest BCUT2D eigenvalue weighted by Crippen LogP contribution is -2.29. The average Bonchev–Trinajstić information content (AvgIpc) is 2.95. The molecule has 7 heteroatoms. The van der Waals surface area contributed by atoms with Crippen LogP contribution in [0.4, 0.5) is 0 Å². The third-order valence-electron chi connectivity index (χ3n) is 4.20. The molecule has 132 valence electrons. The van der Waals surface area contributed by atoms with E-state index >= 15 is 0 Å². The van der Waals surface area contributed by atoms with E-state index in [4.69, 9.17) is 11.6 Å². The van der Waals surface area contributed by atoms with Crippen LogP contribution >= 0.6 is 11.6 Å². The first-order valence-electron chi connectivity index (χ1n) is 7.77. The van der Waals surface area contributed by atoms with Crippen molar-refractivity contribution < 1.29 is 13.5 Å². The highest BCUT2D eigenvalue weighted by Crippen LogP contribution is 2.23. The molecule has 3 aromatic rings. The molecule has 2 aromatic carbocycles. The molecule has 0 spiro atoms. The minimum absolute atomic E-state index is 0.116. The van der Waals surface area contributed by atoms with Crippen molar-refractivity contribution in [2.75, 3.05) is 6.54 Å². The fourth-order valence-electron chi connectivity index (χ4n) is 2.76. The van der Waals surface area contributed by atoms with Crippen LogP contribution in [0.15, 0.2) is 53.6 Å². The molecule has 0 amide bonds. The molecular formula is C18H19ClN2O3S. The summed E-state index contributed by atoms with van der Waals surface area (Å²) in [4.78, 5) is 0.116. The van der Waals surface area contributed by atoms with E-state index in [1.165, 1.54) is 6.07 Å². The first-order valence-corrected chi connectivity index (χ1v) is 9.63. The summed E-state index contributed by atoms with van der Waals surface area (Å²) in [5.41, 5.74) is 2.30. The number of rotatable bonds is 5. The molecule has 3 rings (SSSR count). The summed E-state index contributed by atoms with van der Waals surface area (Å²) in [5.74, 6) is 0. The van der Waals surface area contributed by atoms with E-state index < -0.39 is 16.1 Å². The maximum Gasteiger partial charge on any atom is 0.240 e. The van der Waals surface area contributed by atoms with Gasteiger partial charge in [-0.15, -0.1) is 0 Å². The quantitative estimate of drug-likeness (QED) is 0.716. The number of sulfonamides is 1. The smallest absolute Gasteiger partial charge is 0.240 e. The summed E-state index contributed by atoms with van der Waals surface area (Å²) >= 11 is 5.90. The normalized spacial score (nSPS) is 13.3. The highest BCUT2D eigenvalue weighted by atomic mass is 35.5. The second-order valence-electron chi connectivity index (χ2n) is 6.02. The van der Waals surface area contributed by atoms with Gasteiger partial charge in [0.2, 0.25) is 10.0 Å². The van der Waals surface area contributed by atoms with Gasteiger partial charge in [-0.25, -0.2) is 13.1 Å². The lowest BCUT2D eigenvalue weighted by atomic mass is 10.1. The Morgan fingerprint density at radius 1 is 1.20 bits per heavy atom. The second-order valence-corrected chi connectivity index (χ2v) is 8.19. The molecule has 0 bridgehead atoms. The van der Waals surface area contributed by atoms with Gasteiger partial charge in [-0.05, 0) is 53.8 Å². The van der Waals surface area contributed by atoms with Gasteiger partial charge in [0.15, 0.2) is 0 Å². The van der Waals surface area contributed by atoms with Crippen molar-refractivity contribution in [2.45, 2.75) is 17.9 Å². The van der Waals surface area contributed by atoms with Crippen molar-refractivity contribution in [2.24, 2.45) is 7.05 Å². The highest BCUT2D eigenvalue weighted by molar-refractivity contribution is 7.89. The van der Waals surface area contributed by atoms with Crippen LogP contribution in [0.1, 0.15) is 17.2 Å². The first kappa shape index (κ1) is 17.9. The van der Waals surface area contributed by atoms with Crippen molar-refractivity contribution >= 4 is 32.5 Å². The molecule has 1 atom stereocenters. The second kappa shape index (κ2) is 6.80. The van der Waals surface area contributed by atoms with E-state index in [1.54, 1.807) is 25.1 Å². The average molecular weight is 379 g/mol. The van der Waals surface area contributed by atoms with Gasteiger partial charge in [-0.1, -0.05) is 23.7 Å². The molecule has 0 aliphatic rings. The zero-order valence-corrected chi connectivity index (χ0v) is 15.5. The number of hydrogen-bond acceptors (Lipinski definition) is 3. The van der Waals surface area contributed by atoms with Gasteiger partial charge >= 0.3 is 0 Å². The van der Waals surface area contributed by atoms with Gasteiger partial charge in [-0.2, -0.15) is 0 Å². The van der Waals surface area contributed by atoms with E-state index in [-0.39, 0.29) is 11.4 Å². The summed E-state index contributed by atoms with van der Waals surface area (Å²) in [6.07, 6.45) is 0.990. The molecule has 0 aliphatic carbocycles. The number of fused-ring (bicyclic) bond motifs is 1. The number of aryl methyl sites for hydroxylation is 2. The molecular weight excluding hydrogens is 360 g/mol. The monoisotopic (exact) mass is 378 g/mol. The Labute approximate surface area is 151 Å². The number of aromatic nitrogens is 1. The molecule has 1 aromatic heterocycles. The Kier molecular flexibility index (Phi) is 4.88. The third-order valence-corrected chi connectivity index (χ3v) is 6.00. The highest BCUT2D eigenvalue weighted by Gasteiger charge is 2.19. The fraction of sp³-hybridized carbons (Fsp3) is 0.222. The van der Waals surface area contributed by atoms with Crippen LogP contribution in [0.5, 0.6) is 0 Å². The lowest BCUT2D eigenvalue weighted by molar-refractivity contribution is 0.182. The summed E-state index contributed by atoms with van der Waals surface area (Å²) in [6, 6.07) is 12.2. The Balaban J connectivity index is 1.78. The number of halogens is 1. The summed E-state index contributed by atoms with van der Waals surface area (Å²) in [5, 5.41) is 11.7. The molecule has 0 unspecified atom stereocenters. The molecule has 25 heavy (non-hydrogen) atoms. The third kappa shape index (κ3) is 3.72. The van der Waals surface area contributed by atoms with E-state index in [2.05, 4.69) is 4.72 Å². The Bertz CT molecular complexity index is 1030. The van der Waals surface area contributed by atoms with Crippen molar-refractivity contribution in [1.82, 2.24) is 9.29 Å². The summed E-state index contributed by atoms with van der Waals surface area (Å²) in [7, 11) is -1.81. The van der Waals surface area contributed by atoms with Crippen molar-refractivity contribution in [1.29, 1.82) is 0 Å². The van der Waals surface area contributed by atoms with Gasteiger partial charge in [0.25, 0.3) is 0 Å². The number of nitrogens with zero attached hydrogens (tertiary/aromatic N) is 1. The van der Waals surface area contributed by atoms with Crippen molar-refractivity contribution in [3.63, 3.8) is 0 Å². The molecule has 0 saturated heterocycles. The predicted molar refractivity (Wildman–Crippen MR) is 99.3 cm³/mol. The molecule has 0 radical (unpaired) electrons. The predicted octanol–water partition coefficient (Wildman–Crippen LogP) is 3.15. The van der Waals surface area contributed by atoms with Crippen molar-refractivity contribution in [3.8, 4) is 0 Å². The molecule has 0 saturated carbocycles. The number of hydrogen-bond donors (Lipinski definition) is 2. The lowest BCUT2D eigenvalue weighted by Gasteiger charge is -2.14. The minimum atomic E-state index is -3.75. The molecule has 2 N–H and O–H groups in total. The van der Waals surface area contributed by atoms with Crippen LogP contribution in [-0.4, -0.2) is 24.6 Å². The minimum Gasteiger partial charge on any atom is -0.387 e. The van der Waals surface area contributed by atoms with Gasteiger partial charge in [0, 0.05) is 30.3 Å². The standard InChI is InChI=1S/C18H19ClN2O3S/c1-12-3-5-15(19)10-18(12)25(23,24)20-11-17(22)14-4-6-16-13(9-14)7-8-21(16)2/h3-10,17,20,22H,11H2,1-2H3/t17-/m1/s1. The van der Waals surface area contributed by atoms with E-state index in [0.29, 0.717) is 16.1 Å². The van der Waals surface area contributed by atoms with E-state index in [0.717, 1.165) is 10.9 Å². The summed E-state index contributed by atoms with van der Waals surface area (Å²) < 4.78 is 29.4. The molecule has 0 fully saturated rings. The van der Waals surface area contributed by atoms with E-state index in [9.17, 15) is 13.5 Å². The van der Waals surface area contributed by atoms with Crippen LogP contribution in [0.25, 0.3) is 10.9 Å². The maximum absolute atomic E-state index is 12.5. The van der Waals surface area contributed by atoms with Crippen LogP contribution in [0, 0.1) is 6.92 Å².